The molecule has 0 atom stereocenters. The summed E-state index contributed by atoms with van der Waals surface area (Å²) in [6.07, 6.45) is 3.55. The number of aliphatic carboxylic acids is 1. The summed E-state index contributed by atoms with van der Waals surface area (Å²) in [7, 11) is 0. The van der Waals surface area contributed by atoms with Gasteiger partial charge in [-0.1, -0.05) is 0 Å². The fourth-order valence-corrected chi connectivity index (χ4v) is 2.75. The third kappa shape index (κ3) is 5.28. The van der Waals surface area contributed by atoms with Gasteiger partial charge >= 0.3 is 145 Å². The molecule has 0 unspecified atom stereocenters. The molecule has 0 radical (unpaired) electrons. The first-order valence-corrected chi connectivity index (χ1v) is 8.57. The molecule has 2 heterocycles. The summed E-state index contributed by atoms with van der Waals surface area (Å²) in [5.41, 5.74) is 3.90. The first-order chi connectivity index (χ1) is 12.6. The van der Waals surface area contributed by atoms with Gasteiger partial charge in [0.1, 0.15) is 0 Å². The van der Waals surface area contributed by atoms with Crippen molar-refractivity contribution in [3.63, 3.8) is 0 Å². The first kappa shape index (κ1) is 20.9. The third-order valence-corrected chi connectivity index (χ3v) is 3.78. The Balaban J connectivity index is 0.000000596. The van der Waals surface area contributed by atoms with Crippen molar-refractivity contribution in [2.24, 2.45) is 0 Å². The van der Waals surface area contributed by atoms with Gasteiger partial charge in [0.05, 0.1) is 0 Å². The Bertz CT molecular complexity index is 913. The summed E-state index contributed by atoms with van der Waals surface area (Å²) < 4.78 is 16.3. The summed E-state index contributed by atoms with van der Waals surface area (Å²) >= 11 is 2.00. The standard InChI is InChI=1S/C18H17FN3.C2H4O2.Li/c1-18(2,3)22-17(14-4-6-15(19)7-5-14)16(12-21-22)13-8-10-20-11-9-13;1-2(3)4;/h4-11H,1-3H3;1H3,(H,3,4);. The van der Waals surface area contributed by atoms with Crippen LogP contribution in [0.4, 0.5) is 4.39 Å². The van der Waals surface area contributed by atoms with Crippen LogP contribution in [0.2, 0.25) is 0 Å². The van der Waals surface area contributed by atoms with Crippen molar-refractivity contribution in [1.29, 1.82) is 0 Å². The third-order valence-electron chi connectivity index (χ3n) is 3.78. The minimum absolute atomic E-state index is 0.181. The van der Waals surface area contributed by atoms with E-state index in [2.05, 4.69) is 25.8 Å². The molecule has 0 saturated heterocycles. The minimum atomic E-state index is -0.833. The predicted molar refractivity (Wildman–Crippen MR) is 105 cm³/mol. The van der Waals surface area contributed by atoms with Gasteiger partial charge in [-0.25, -0.2) is 0 Å². The summed E-state index contributed by atoms with van der Waals surface area (Å²) in [5.74, 6) is -1.07. The van der Waals surface area contributed by atoms with E-state index in [4.69, 9.17) is 15.0 Å². The fraction of sp³-hybridized carbons (Fsp3) is 0.250. The van der Waals surface area contributed by atoms with Gasteiger partial charge in [-0.2, -0.15) is 0 Å². The number of pyridine rings is 1. The zero-order valence-corrected chi connectivity index (χ0v) is 16.2. The van der Waals surface area contributed by atoms with Gasteiger partial charge in [-0.15, -0.1) is 0 Å². The van der Waals surface area contributed by atoms with Gasteiger partial charge in [-0.3, -0.25) is 4.79 Å². The molecule has 136 valence electrons. The molecule has 1 aromatic carbocycles. The topological polar surface area (TPSA) is 68.0 Å². The Hall–Kier alpha value is -2.42. The van der Waals surface area contributed by atoms with Crippen molar-refractivity contribution in [1.82, 2.24) is 14.8 Å². The molecule has 3 rings (SSSR count). The molecule has 2 aromatic heterocycles. The van der Waals surface area contributed by atoms with Gasteiger partial charge in [-0.05, 0) is 0 Å². The van der Waals surface area contributed by atoms with E-state index in [1.165, 1.54) is 12.1 Å². The molecule has 5 nitrogen and oxygen atoms in total. The number of hydrogen-bond acceptors (Lipinski definition) is 3. The molecule has 0 amide bonds. The molecular formula is C20H21FLiN3O2. The number of hydrogen-bond donors (Lipinski definition) is 1. The van der Waals surface area contributed by atoms with Crippen molar-refractivity contribution in [2.45, 2.75) is 33.2 Å². The average Bonchev–Trinajstić information content (AvgIpc) is 2.93. The molecular weight excluding hydrogens is 340 g/mol. The maximum absolute atomic E-state index is 13.3. The zero-order valence-electron chi connectivity index (χ0n) is 16.2. The summed E-state index contributed by atoms with van der Waals surface area (Å²) in [4.78, 5) is 13.1. The Labute approximate surface area is 167 Å². The Kier molecular flexibility index (Phi) is 6.58. The zero-order chi connectivity index (χ0) is 20.2. The number of halogens is 1. The van der Waals surface area contributed by atoms with Crippen LogP contribution in [0.1, 0.15) is 27.7 Å². The monoisotopic (exact) mass is 361 g/mol. The van der Waals surface area contributed by atoms with E-state index in [0.717, 1.165) is 33.7 Å². The van der Waals surface area contributed by atoms with Crippen molar-refractivity contribution in [3.8, 4) is 22.4 Å². The summed E-state index contributed by atoms with van der Waals surface area (Å²) in [6.45, 7) is 7.42. The van der Waals surface area contributed by atoms with Crippen molar-refractivity contribution in [3.05, 3.63) is 54.6 Å². The van der Waals surface area contributed by atoms with Crippen LogP contribution in [-0.2, 0) is 10.3 Å². The predicted octanol–water partition coefficient (Wildman–Crippen LogP) is 3.39. The number of carboxylic acids is 1. The number of benzene rings is 1. The SMILES string of the molecule is CC(=O)O.[Li][c]1nn(C(C)(C)C)c(-c2ccc(F)cc2)c1-c1ccncc1. The van der Waals surface area contributed by atoms with Crippen LogP contribution in [0.25, 0.3) is 22.4 Å². The second-order valence-electron chi connectivity index (χ2n) is 7.15. The Morgan fingerprint density at radius 3 is 2.07 bits per heavy atom. The van der Waals surface area contributed by atoms with Gasteiger partial charge in [0.2, 0.25) is 0 Å². The number of rotatable bonds is 2. The molecule has 0 aliphatic carbocycles. The molecule has 27 heavy (non-hydrogen) atoms. The summed E-state index contributed by atoms with van der Waals surface area (Å²) in [5, 5.41) is 12.2. The van der Waals surface area contributed by atoms with Gasteiger partial charge in [0.15, 0.2) is 0 Å². The number of aromatic nitrogens is 3. The molecule has 3 aromatic rings. The Morgan fingerprint density at radius 1 is 1.07 bits per heavy atom. The number of nitrogens with zero attached hydrogens (tertiary/aromatic N) is 3. The van der Waals surface area contributed by atoms with Gasteiger partial charge in [0, 0.05) is 6.92 Å². The van der Waals surface area contributed by atoms with Crippen LogP contribution in [0.3, 0.4) is 0 Å². The van der Waals surface area contributed by atoms with E-state index in [1.807, 2.05) is 34.5 Å². The first-order valence-electron chi connectivity index (χ1n) is 8.57. The van der Waals surface area contributed by atoms with E-state index in [1.54, 1.807) is 24.5 Å². The quantitative estimate of drug-likeness (QED) is 0.711. The molecule has 1 N–H and O–H groups in total. The molecule has 0 fully saturated rings. The second-order valence-corrected chi connectivity index (χ2v) is 7.15. The molecule has 0 aliphatic heterocycles. The van der Waals surface area contributed by atoms with Crippen LogP contribution in [0.5, 0.6) is 0 Å². The van der Waals surface area contributed by atoms with Crippen LogP contribution >= 0.6 is 0 Å². The molecule has 0 bridgehead atoms. The van der Waals surface area contributed by atoms with Crippen LogP contribution in [0.15, 0.2) is 48.8 Å². The van der Waals surface area contributed by atoms with E-state index >= 15 is 0 Å². The molecule has 0 saturated carbocycles. The van der Waals surface area contributed by atoms with E-state index in [9.17, 15) is 4.39 Å². The van der Waals surface area contributed by atoms with Crippen LogP contribution in [-0.4, -0.2) is 43.6 Å². The fourth-order valence-electron chi connectivity index (χ4n) is 2.75. The van der Waals surface area contributed by atoms with Crippen LogP contribution in [0, 0.1) is 5.82 Å². The molecule has 0 spiro atoms. The normalized spacial score (nSPS) is 10.9. The van der Waals surface area contributed by atoms with E-state index in [-0.39, 0.29) is 11.4 Å². The van der Waals surface area contributed by atoms with E-state index in [0.29, 0.717) is 0 Å². The number of carboxylic acid groups (broad SMARTS) is 1. The van der Waals surface area contributed by atoms with Crippen molar-refractivity contribution < 1.29 is 14.3 Å². The van der Waals surface area contributed by atoms with Gasteiger partial charge < -0.3 is 5.11 Å². The van der Waals surface area contributed by atoms with E-state index < -0.39 is 5.97 Å². The van der Waals surface area contributed by atoms with Crippen LogP contribution < -0.4 is 4.37 Å². The number of carbonyl (C=O) groups is 1. The second kappa shape index (κ2) is 8.51. The summed E-state index contributed by atoms with van der Waals surface area (Å²) in [6, 6.07) is 10.5. The van der Waals surface area contributed by atoms with Crippen molar-refractivity contribution in [2.75, 3.05) is 0 Å². The average molecular weight is 361 g/mol. The maximum atomic E-state index is 13.3. The molecule has 7 heteroatoms. The van der Waals surface area contributed by atoms with Crippen molar-refractivity contribution >= 4 is 28.1 Å². The Morgan fingerprint density at radius 2 is 1.59 bits per heavy atom. The van der Waals surface area contributed by atoms with Gasteiger partial charge in [0.25, 0.3) is 5.97 Å². The molecule has 0 aliphatic rings.